The zero-order chi connectivity index (χ0) is 11.4. The van der Waals surface area contributed by atoms with E-state index in [0.29, 0.717) is 5.69 Å². The van der Waals surface area contributed by atoms with Crippen molar-refractivity contribution in [3.8, 4) is 0 Å². The number of anilines is 2. The van der Waals surface area contributed by atoms with E-state index in [1.807, 2.05) is 12.1 Å². The molecule has 1 aliphatic rings. The van der Waals surface area contributed by atoms with E-state index in [1.165, 1.54) is 12.6 Å². The number of nitrogens with one attached hydrogen (secondary N) is 2. The highest BCUT2D eigenvalue weighted by atomic mass is 16.5. The van der Waals surface area contributed by atoms with Crippen molar-refractivity contribution in [3.05, 3.63) is 23.8 Å². The van der Waals surface area contributed by atoms with Gasteiger partial charge in [0, 0.05) is 29.8 Å². The summed E-state index contributed by atoms with van der Waals surface area (Å²) in [6, 6.07) is 5.61. The minimum atomic E-state index is 0.0502. The predicted octanol–water partition coefficient (Wildman–Crippen LogP) is 2.20. The lowest BCUT2D eigenvalue weighted by atomic mass is 10.1. The van der Waals surface area contributed by atoms with Crippen LogP contribution in [0.4, 0.5) is 11.4 Å². The Bertz CT molecular complexity index is 373. The van der Waals surface area contributed by atoms with E-state index in [4.69, 9.17) is 15.9 Å². The molecule has 0 aliphatic carbocycles. The van der Waals surface area contributed by atoms with Gasteiger partial charge in [-0.2, -0.15) is 0 Å². The van der Waals surface area contributed by atoms with Crippen molar-refractivity contribution in [2.75, 3.05) is 17.7 Å². The summed E-state index contributed by atoms with van der Waals surface area (Å²) in [6.45, 7) is 0.805. The van der Waals surface area contributed by atoms with Gasteiger partial charge in [-0.25, -0.2) is 0 Å². The summed E-state index contributed by atoms with van der Waals surface area (Å²) in [7, 11) is 0. The molecule has 0 spiro atoms. The van der Waals surface area contributed by atoms with Gasteiger partial charge in [-0.15, -0.1) is 0 Å². The van der Waals surface area contributed by atoms with Crippen molar-refractivity contribution in [2.45, 2.75) is 25.5 Å². The Hall–Kier alpha value is -1.55. The highest BCUT2D eigenvalue weighted by Gasteiger charge is 2.14. The molecule has 1 aliphatic heterocycles. The van der Waals surface area contributed by atoms with Gasteiger partial charge in [0.1, 0.15) is 6.23 Å². The fourth-order valence-electron chi connectivity index (χ4n) is 1.90. The molecule has 0 radical (unpaired) electrons. The molecule has 1 unspecified atom stereocenters. The number of benzene rings is 1. The van der Waals surface area contributed by atoms with Crippen LogP contribution >= 0.6 is 0 Å². The zero-order valence-electron chi connectivity index (χ0n) is 9.20. The van der Waals surface area contributed by atoms with E-state index in [-0.39, 0.29) is 6.23 Å². The third-order valence-electron chi connectivity index (χ3n) is 2.78. The molecule has 1 saturated heterocycles. The average molecular weight is 219 g/mol. The smallest absolute Gasteiger partial charge is 0.127 e. The molecule has 4 N–H and O–H groups in total. The van der Waals surface area contributed by atoms with E-state index >= 15 is 0 Å². The Morgan fingerprint density at radius 2 is 2.31 bits per heavy atom. The highest BCUT2D eigenvalue weighted by Crippen LogP contribution is 2.23. The lowest BCUT2D eigenvalue weighted by molar-refractivity contribution is 0.0343. The van der Waals surface area contributed by atoms with Crippen LogP contribution in [0.25, 0.3) is 0 Å². The predicted molar refractivity (Wildman–Crippen MR) is 66.0 cm³/mol. The van der Waals surface area contributed by atoms with E-state index < -0.39 is 0 Å². The maximum absolute atomic E-state index is 7.36. The van der Waals surface area contributed by atoms with E-state index in [2.05, 4.69) is 5.32 Å². The molecule has 0 saturated carbocycles. The molecule has 1 fully saturated rings. The SMILES string of the molecule is N=Cc1c(N)cccc1NC1CCCCO1. The summed E-state index contributed by atoms with van der Waals surface area (Å²) in [4.78, 5) is 0. The zero-order valence-corrected chi connectivity index (χ0v) is 9.20. The van der Waals surface area contributed by atoms with Crippen LogP contribution in [0.3, 0.4) is 0 Å². The summed E-state index contributed by atoms with van der Waals surface area (Å²) in [5, 5.41) is 10.6. The topological polar surface area (TPSA) is 71.1 Å². The van der Waals surface area contributed by atoms with Crippen LogP contribution in [0.5, 0.6) is 0 Å². The quantitative estimate of drug-likeness (QED) is 0.539. The number of nitrogen functional groups attached to an aromatic ring is 1. The van der Waals surface area contributed by atoms with Gasteiger partial charge in [0.25, 0.3) is 0 Å². The number of hydrogen-bond acceptors (Lipinski definition) is 4. The second-order valence-corrected chi connectivity index (χ2v) is 3.95. The van der Waals surface area contributed by atoms with Crippen LogP contribution in [0, 0.1) is 5.41 Å². The first kappa shape index (κ1) is 11.0. The molecule has 86 valence electrons. The second kappa shape index (κ2) is 4.99. The maximum atomic E-state index is 7.36. The molecule has 16 heavy (non-hydrogen) atoms. The van der Waals surface area contributed by atoms with Crippen LogP contribution in [0.2, 0.25) is 0 Å². The molecular formula is C12H17N3O. The van der Waals surface area contributed by atoms with Crippen molar-refractivity contribution >= 4 is 17.6 Å². The molecule has 1 aromatic carbocycles. The minimum absolute atomic E-state index is 0.0502. The van der Waals surface area contributed by atoms with Crippen molar-refractivity contribution < 1.29 is 4.74 Å². The van der Waals surface area contributed by atoms with Crippen LogP contribution < -0.4 is 11.1 Å². The van der Waals surface area contributed by atoms with Gasteiger partial charge in [0.2, 0.25) is 0 Å². The summed E-state index contributed by atoms with van der Waals surface area (Å²) >= 11 is 0. The van der Waals surface area contributed by atoms with Crippen molar-refractivity contribution in [3.63, 3.8) is 0 Å². The first-order valence-electron chi connectivity index (χ1n) is 5.58. The summed E-state index contributed by atoms with van der Waals surface area (Å²) < 4.78 is 5.59. The lowest BCUT2D eigenvalue weighted by Crippen LogP contribution is -2.27. The molecule has 4 heteroatoms. The molecule has 0 aromatic heterocycles. The van der Waals surface area contributed by atoms with E-state index in [1.54, 1.807) is 6.07 Å². The van der Waals surface area contributed by atoms with Crippen molar-refractivity contribution in [1.82, 2.24) is 0 Å². The van der Waals surface area contributed by atoms with E-state index in [9.17, 15) is 0 Å². The number of rotatable bonds is 3. The summed E-state index contributed by atoms with van der Waals surface area (Å²) in [5.74, 6) is 0. The van der Waals surface area contributed by atoms with Crippen molar-refractivity contribution in [2.24, 2.45) is 0 Å². The fraction of sp³-hybridized carbons (Fsp3) is 0.417. The molecule has 2 rings (SSSR count). The van der Waals surface area contributed by atoms with Gasteiger partial charge in [-0.1, -0.05) is 6.07 Å². The van der Waals surface area contributed by atoms with Gasteiger partial charge in [0.05, 0.1) is 0 Å². The molecule has 0 amide bonds. The molecule has 1 heterocycles. The minimum Gasteiger partial charge on any atom is -0.398 e. The molecular weight excluding hydrogens is 202 g/mol. The van der Waals surface area contributed by atoms with Gasteiger partial charge in [-0.05, 0) is 31.4 Å². The Kier molecular flexibility index (Phi) is 3.41. The Morgan fingerprint density at radius 3 is 3.00 bits per heavy atom. The van der Waals surface area contributed by atoms with Gasteiger partial charge < -0.3 is 21.2 Å². The summed E-state index contributed by atoms with van der Waals surface area (Å²) in [6.07, 6.45) is 4.65. The fourth-order valence-corrected chi connectivity index (χ4v) is 1.90. The molecule has 1 atom stereocenters. The van der Waals surface area contributed by atoms with E-state index in [0.717, 1.165) is 30.7 Å². The lowest BCUT2D eigenvalue weighted by Gasteiger charge is -2.25. The number of nitrogens with two attached hydrogens (primary N) is 1. The third kappa shape index (κ3) is 2.33. The Balaban J connectivity index is 2.13. The normalized spacial score (nSPS) is 20.4. The highest BCUT2D eigenvalue weighted by molar-refractivity contribution is 5.92. The molecule has 1 aromatic rings. The molecule has 4 nitrogen and oxygen atoms in total. The van der Waals surface area contributed by atoms with Gasteiger partial charge in [-0.3, -0.25) is 0 Å². The first-order chi connectivity index (χ1) is 7.81. The van der Waals surface area contributed by atoms with Crippen LogP contribution in [0.15, 0.2) is 18.2 Å². The maximum Gasteiger partial charge on any atom is 0.127 e. The van der Waals surface area contributed by atoms with Gasteiger partial charge >= 0.3 is 0 Å². The summed E-state index contributed by atoms with van der Waals surface area (Å²) in [5.41, 5.74) is 8.04. The molecule has 0 bridgehead atoms. The van der Waals surface area contributed by atoms with Crippen LogP contribution in [-0.2, 0) is 4.74 Å². The van der Waals surface area contributed by atoms with Crippen LogP contribution in [-0.4, -0.2) is 19.0 Å². The second-order valence-electron chi connectivity index (χ2n) is 3.95. The van der Waals surface area contributed by atoms with Gasteiger partial charge in [0.15, 0.2) is 0 Å². The standard InChI is InChI=1S/C12H17N3O/c13-8-9-10(14)4-3-5-11(9)15-12-6-1-2-7-16-12/h3-5,8,12-13,15H,1-2,6-7,14H2. The monoisotopic (exact) mass is 219 g/mol. The number of ether oxygens (including phenoxy) is 1. The third-order valence-corrected chi connectivity index (χ3v) is 2.78. The average Bonchev–Trinajstić information content (AvgIpc) is 2.31. The van der Waals surface area contributed by atoms with Crippen molar-refractivity contribution in [1.29, 1.82) is 5.41 Å². The Labute approximate surface area is 95.3 Å². The first-order valence-corrected chi connectivity index (χ1v) is 5.58. The van der Waals surface area contributed by atoms with Crippen LogP contribution in [0.1, 0.15) is 24.8 Å². The Morgan fingerprint density at radius 1 is 1.44 bits per heavy atom. The number of hydrogen-bond donors (Lipinski definition) is 3. The largest absolute Gasteiger partial charge is 0.398 e.